The molecule has 0 amide bonds. The Hall–Kier alpha value is -0.810. The molecule has 0 radical (unpaired) electrons. The minimum absolute atomic E-state index is 0. The third-order valence-corrected chi connectivity index (χ3v) is 6.23. The second-order valence-electron chi connectivity index (χ2n) is 8.25. The highest BCUT2D eigenvalue weighted by Crippen LogP contribution is 2.22. The van der Waals surface area contributed by atoms with Crippen LogP contribution in [-0.4, -0.2) is 61.0 Å². The van der Waals surface area contributed by atoms with E-state index in [1.807, 2.05) is 0 Å². The van der Waals surface area contributed by atoms with E-state index in [0.29, 0.717) is 0 Å². The van der Waals surface area contributed by atoms with Gasteiger partial charge in [0.15, 0.2) is 0 Å². The molecule has 2 aromatic carbocycles. The molecule has 0 aliphatic carbocycles. The second kappa shape index (κ2) is 13.6. The van der Waals surface area contributed by atoms with Crippen molar-refractivity contribution in [2.24, 2.45) is 0 Å². The van der Waals surface area contributed by atoms with Crippen LogP contribution >= 0.6 is 37.2 Å². The van der Waals surface area contributed by atoms with Gasteiger partial charge in [0, 0.05) is 45.8 Å². The number of rotatable bonds is 4. The fourth-order valence-corrected chi connectivity index (χ4v) is 4.47. The Morgan fingerprint density at radius 3 is 1.53 bits per heavy atom. The lowest BCUT2D eigenvalue weighted by Gasteiger charge is -2.33. The summed E-state index contributed by atoms with van der Waals surface area (Å²) in [4.78, 5) is 7.74. The van der Waals surface area contributed by atoms with Crippen LogP contribution in [0.15, 0.2) is 48.5 Å². The molecule has 2 heterocycles. The van der Waals surface area contributed by atoms with E-state index in [0.717, 1.165) is 25.9 Å². The molecule has 30 heavy (non-hydrogen) atoms. The molecule has 6 heteroatoms. The van der Waals surface area contributed by atoms with E-state index in [1.54, 1.807) is 0 Å². The number of hydrogen-bond acceptors (Lipinski definition) is 3. The third-order valence-electron chi connectivity index (χ3n) is 6.23. The van der Waals surface area contributed by atoms with E-state index >= 15 is 0 Å². The van der Waals surface area contributed by atoms with Crippen molar-refractivity contribution in [3.8, 4) is 0 Å². The van der Waals surface area contributed by atoms with Crippen LogP contribution in [0.25, 0.3) is 0 Å². The number of hydrogen-bond donors (Lipinski definition) is 0. The first-order valence-electron chi connectivity index (χ1n) is 10.5. The Morgan fingerprint density at radius 1 is 0.600 bits per heavy atom. The van der Waals surface area contributed by atoms with Gasteiger partial charge in [-0.05, 0) is 55.1 Å². The number of benzene rings is 2. The van der Waals surface area contributed by atoms with Crippen molar-refractivity contribution in [3.63, 3.8) is 0 Å². The number of nitrogens with zero attached hydrogens (tertiary/aromatic N) is 3. The van der Waals surface area contributed by atoms with Gasteiger partial charge in [0.1, 0.15) is 0 Å². The van der Waals surface area contributed by atoms with Gasteiger partial charge in [-0.2, -0.15) is 0 Å². The molecule has 1 saturated heterocycles. The van der Waals surface area contributed by atoms with Gasteiger partial charge in [-0.25, -0.2) is 0 Å². The zero-order chi connectivity index (χ0) is 18.5. The highest BCUT2D eigenvalue weighted by molar-refractivity contribution is 5.86. The van der Waals surface area contributed by atoms with E-state index in [1.165, 1.54) is 67.9 Å². The molecule has 0 aromatic heterocycles. The topological polar surface area (TPSA) is 9.72 Å². The van der Waals surface area contributed by atoms with Crippen molar-refractivity contribution in [3.05, 3.63) is 70.8 Å². The van der Waals surface area contributed by atoms with Gasteiger partial charge in [-0.1, -0.05) is 48.5 Å². The summed E-state index contributed by atoms with van der Waals surface area (Å²) in [5.74, 6) is 0. The van der Waals surface area contributed by atoms with Gasteiger partial charge in [-0.15, -0.1) is 37.2 Å². The van der Waals surface area contributed by atoms with E-state index in [4.69, 9.17) is 0 Å². The molecule has 3 nitrogen and oxygen atoms in total. The molecule has 2 aromatic rings. The van der Waals surface area contributed by atoms with Gasteiger partial charge < -0.3 is 9.80 Å². The zero-order valence-electron chi connectivity index (χ0n) is 18.0. The summed E-state index contributed by atoms with van der Waals surface area (Å²) in [6.45, 7) is 9.43. The molecule has 168 valence electrons. The SMILES string of the molecule is CN1CCN(CCCN2Cc3ccccc3CCc3ccccc3C2)CC1.Cl.Cl.Cl. The molecule has 2 aliphatic rings. The molecule has 0 saturated carbocycles. The van der Waals surface area contributed by atoms with Crippen molar-refractivity contribution in [2.75, 3.05) is 46.3 Å². The maximum atomic E-state index is 2.67. The van der Waals surface area contributed by atoms with Crippen LogP contribution in [0.2, 0.25) is 0 Å². The van der Waals surface area contributed by atoms with Crippen LogP contribution in [0.5, 0.6) is 0 Å². The van der Waals surface area contributed by atoms with Crippen LogP contribution in [0.1, 0.15) is 28.7 Å². The van der Waals surface area contributed by atoms with Crippen molar-refractivity contribution >= 4 is 37.2 Å². The summed E-state index contributed by atoms with van der Waals surface area (Å²) >= 11 is 0. The van der Waals surface area contributed by atoms with Crippen molar-refractivity contribution in [1.82, 2.24) is 14.7 Å². The normalized spacial score (nSPS) is 17.6. The predicted molar refractivity (Wildman–Crippen MR) is 135 cm³/mol. The third kappa shape index (κ3) is 7.40. The first-order valence-corrected chi connectivity index (χ1v) is 10.5. The molecule has 4 rings (SSSR count). The molecule has 1 fully saturated rings. The number of aryl methyl sites for hydroxylation is 2. The van der Waals surface area contributed by atoms with E-state index in [-0.39, 0.29) is 37.2 Å². The first kappa shape index (κ1) is 27.2. The Labute approximate surface area is 201 Å². The van der Waals surface area contributed by atoms with E-state index in [9.17, 15) is 0 Å². The summed E-state index contributed by atoms with van der Waals surface area (Å²) in [5.41, 5.74) is 6.09. The molecule has 0 spiro atoms. The van der Waals surface area contributed by atoms with Crippen molar-refractivity contribution in [2.45, 2.75) is 32.4 Å². The summed E-state index contributed by atoms with van der Waals surface area (Å²) < 4.78 is 0. The highest BCUT2D eigenvalue weighted by atomic mass is 35.5. The summed E-state index contributed by atoms with van der Waals surface area (Å²) in [7, 11) is 2.23. The Bertz CT molecular complexity index is 698. The van der Waals surface area contributed by atoms with Crippen LogP contribution in [0, 0.1) is 0 Å². The fraction of sp³-hybridized carbons (Fsp3) is 0.500. The minimum atomic E-state index is 0. The maximum Gasteiger partial charge on any atom is 0.0240 e. The highest BCUT2D eigenvalue weighted by Gasteiger charge is 2.17. The van der Waals surface area contributed by atoms with Gasteiger partial charge in [0.2, 0.25) is 0 Å². The smallest absolute Gasteiger partial charge is 0.0240 e. The van der Waals surface area contributed by atoms with Gasteiger partial charge in [0.25, 0.3) is 0 Å². The van der Waals surface area contributed by atoms with E-state index in [2.05, 4.69) is 70.3 Å². The van der Waals surface area contributed by atoms with Crippen LogP contribution in [0.4, 0.5) is 0 Å². The predicted octanol–water partition coefficient (Wildman–Crippen LogP) is 4.69. The quantitative estimate of drug-likeness (QED) is 0.639. The van der Waals surface area contributed by atoms with Crippen LogP contribution in [0.3, 0.4) is 0 Å². The largest absolute Gasteiger partial charge is 0.304 e. The Kier molecular flexibility index (Phi) is 12.3. The second-order valence-corrected chi connectivity index (χ2v) is 8.25. The van der Waals surface area contributed by atoms with Crippen molar-refractivity contribution < 1.29 is 0 Å². The Balaban J connectivity index is 0.00000150. The lowest BCUT2D eigenvalue weighted by atomic mass is 9.98. The van der Waals surface area contributed by atoms with Gasteiger partial charge in [-0.3, -0.25) is 4.90 Å². The van der Waals surface area contributed by atoms with E-state index < -0.39 is 0 Å². The Morgan fingerprint density at radius 2 is 1.03 bits per heavy atom. The summed E-state index contributed by atoms with van der Waals surface area (Å²) in [6.07, 6.45) is 3.57. The molecule has 0 N–H and O–H groups in total. The number of fused-ring (bicyclic) bond motifs is 2. The zero-order valence-corrected chi connectivity index (χ0v) is 20.4. The molecule has 0 bridgehead atoms. The van der Waals surface area contributed by atoms with Gasteiger partial charge >= 0.3 is 0 Å². The van der Waals surface area contributed by atoms with Crippen LogP contribution in [-0.2, 0) is 25.9 Å². The molecule has 0 atom stereocenters. The fourth-order valence-electron chi connectivity index (χ4n) is 4.47. The minimum Gasteiger partial charge on any atom is -0.304 e. The average molecular weight is 473 g/mol. The van der Waals surface area contributed by atoms with Crippen LogP contribution < -0.4 is 0 Å². The lowest BCUT2D eigenvalue weighted by molar-refractivity contribution is 0.144. The summed E-state index contributed by atoms with van der Waals surface area (Å²) in [5, 5.41) is 0. The standard InChI is InChI=1S/C24H33N3.3ClH/c1-25-15-17-26(18-16-25)13-6-14-27-19-23-9-4-2-7-21(23)11-12-22-8-3-5-10-24(22)20-27;;;/h2-5,7-10H,6,11-20H2,1H3;3*1H. The number of piperazine rings is 1. The number of halogens is 3. The monoisotopic (exact) mass is 471 g/mol. The maximum absolute atomic E-state index is 2.67. The molecule has 2 aliphatic heterocycles. The molecular weight excluding hydrogens is 437 g/mol. The molecule has 0 unspecified atom stereocenters. The summed E-state index contributed by atoms with van der Waals surface area (Å²) in [6, 6.07) is 18.1. The first-order chi connectivity index (χ1) is 13.3. The average Bonchev–Trinajstić information content (AvgIpc) is 2.77. The molecular formula is C24H36Cl3N3. The number of likely N-dealkylation sites (N-methyl/N-ethyl adjacent to an activating group) is 1. The lowest BCUT2D eigenvalue weighted by Crippen LogP contribution is -2.45. The van der Waals surface area contributed by atoms with Crippen molar-refractivity contribution in [1.29, 1.82) is 0 Å². The van der Waals surface area contributed by atoms with Gasteiger partial charge in [0.05, 0.1) is 0 Å².